The largest absolute Gasteiger partial charge is 0.504 e. The van der Waals surface area contributed by atoms with Crippen LogP contribution in [-0.4, -0.2) is 23.3 Å². The van der Waals surface area contributed by atoms with Gasteiger partial charge < -0.3 is 15.5 Å². The van der Waals surface area contributed by atoms with E-state index in [-0.39, 0.29) is 11.5 Å². The molecule has 0 radical (unpaired) electrons. The van der Waals surface area contributed by atoms with Crippen LogP contribution in [0.2, 0.25) is 0 Å². The summed E-state index contributed by atoms with van der Waals surface area (Å²) in [5, 5.41) is 22.4. The van der Waals surface area contributed by atoms with E-state index in [0.717, 1.165) is 30.6 Å². The molecule has 1 heterocycles. The maximum absolute atomic E-state index is 9.54. The topological polar surface area (TPSA) is 52.5 Å². The highest BCUT2D eigenvalue weighted by molar-refractivity contribution is 5.46. The van der Waals surface area contributed by atoms with Gasteiger partial charge in [-0.3, -0.25) is 0 Å². The molecule has 1 aliphatic rings. The molecule has 3 N–H and O–H groups in total. The molecule has 0 spiro atoms. The summed E-state index contributed by atoms with van der Waals surface area (Å²) in [6, 6.07) is 3.64. The van der Waals surface area contributed by atoms with Crippen molar-refractivity contribution in [3.05, 3.63) is 23.3 Å². The Bertz CT molecular complexity index is 347. The van der Waals surface area contributed by atoms with Crippen LogP contribution in [0.1, 0.15) is 24.0 Å². The Hall–Kier alpha value is -1.22. The standard InChI is InChI=1S/C13H19NO2/c1-9-5-11(7-12(15)13(9)16)6-10-3-2-4-14-8-10/h5,7,10,14-16H,2-4,6,8H2,1H3. The summed E-state index contributed by atoms with van der Waals surface area (Å²) in [5.74, 6) is 0.654. The van der Waals surface area contributed by atoms with E-state index in [2.05, 4.69) is 5.32 Å². The number of hydrogen-bond acceptors (Lipinski definition) is 3. The van der Waals surface area contributed by atoms with Gasteiger partial charge in [0.2, 0.25) is 0 Å². The molecular formula is C13H19NO2. The van der Waals surface area contributed by atoms with Crippen LogP contribution in [0, 0.1) is 12.8 Å². The Kier molecular flexibility index (Phi) is 3.34. The normalized spacial score (nSPS) is 20.9. The summed E-state index contributed by atoms with van der Waals surface area (Å²) in [6.45, 7) is 3.99. The first-order valence-electron chi connectivity index (χ1n) is 5.89. The van der Waals surface area contributed by atoms with Crippen LogP contribution in [0.25, 0.3) is 0 Å². The lowest BCUT2D eigenvalue weighted by molar-refractivity contribution is 0.373. The van der Waals surface area contributed by atoms with Gasteiger partial charge in [0.1, 0.15) is 0 Å². The zero-order valence-corrected chi connectivity index (χ0v) is 9.66. The summed E-state index contributed by atoms with van der Waals surface area (Å²) in [5.41, 5.74) is 1.86. The maximum atomic E-state index is 9.54. The number of phenols is 2. The van der Waals surface area contributed by atoms with Gasteiger partial charge in [-0.25, -0.2) is 0 Å². The predicted molar refractivity (Wildman–Crippen MR) is 63.8 cm³/mol. The van der Waals surface area contributed by atoms with Crippen LogP contribution in [0.5, 0.6) is 11.5 Å². The predicted octanol–water partition coefficient (Wildman–Crippen LogP) is 1.95. The van der Waals surface area contributed by atoms with Crippen LogP contribution in [0.3, 0.4) is 0 Å². The average molecular weight is 221 g/mol. The number of benzene rings is 1. The van der Waals surface area contributed by atoms with E-state index < -0.39 is 0 Å². The number of rotatable bonds is 2. The van der Waals surface area contributed by atoms with Crippen LogP contribution in [0.4, 0.5) is 0 Å². The zero-order valence-electron chi connectivity index (χ0n) is 9.66. The number of aromatic hydroxyl groups is 2. The van der Waals surface area contributed by atoms with Gasteiger partial charge in [0.05, 0.1) is 0 Å². The lowest BCUT2D eigenvalue weighted by atomic mass is 9.91. The van der Waals surface area contributed by atoms with E-state index in [1.165, 1.54) is 12.8 Å². The molecule has 0 aromatic heterocycles. The molecule has 1 saturated heterocycles. The summed E-state index contributed by atoms with van der Waals surface area (Å²) in [6.07, 6.45) is 3.45. The van der Waals surface area contributed by atoms with Gasteiger partial charge in [-0.1, -0.05) is 6.07 Å². The molecule has 88 valence electrons. The highest BCUT2D eigenvalue weighted by Gasteiger charge is 2.15. The Morgan fingerprint density at radius 2 is 2.19 bits per heavy atom. The average Bonchev–Trinajstić information content (AvgIpc) is 2.27. The fourth-order valence-electron chi connectivity index (χ4n) is 2.38. The minimum Gasteiger partial charge on any atom is -0.504 e. The monoisotopic (exact) mass is 221 g/mol. The third-order valence-corrected chi connectivity index (χ3v) is 3.26. The van der Waals surface area contributed by atoms with Gasteiger partial charge in [0.25, 0.3) is 0 Å². The summed E-state index contributed by atoms with van der Waals surface area (Å²) >= 11 is 0. The SMILES string of the molecule is Cc1cc(CC2CCCNC2)cc(O)c1O. The first-order valence-corrected chi connectivity index (χ1v) is 5.89. The van der Waals surface area contributed by atoms with E-state index in [0.29, 0.717) is 5.92 Å². The molecule has 3 nitrogen and oxygen atoms in total. The Morgan fingerprint density at radius 1 is 1.38 bits per heavy atom. The second kappa shape index (κ2) is 4.74. The number of hydrogen-bond donors (Lipinski definition) is 3. The van der Waals surface area contributed by atoms with Crippen molar-refractivity contribution < 1.29 is 10.2 Å². The number of phenolic OH excluding ortho intramolecular Hbond substituents is 2. The van der Waals surface area contributed by atoms with E-state index in [4.69, 9.17) is 0 Å². The van der Waals surface area contributed by atoms with E-state index in [1.54, 1.807) is 6.07 Å². The first-order chi connectivity index (χ1) is 7.66. The summed E-state index contributed by atoms with van der Waals surface area (Å²) in [4.78, 5) is 0. The Labute approximate surface area is 96.1 Å². The minimum atomic E-state index is -0.00114. The maximum Gasteiger partial charge on any atom is 0.160 e. The lowest BCUT2D eigenvalue weighted by Crippen LogP contribution is -2.30. The molecule has 1 aromatic rings. The van der Waals surface area contributed by atoms with Gasteiger partial charge in [-0.2, -0.15) is 0 Å². The molecule has 1 aromatic carbocycles. The third-order valence-electron chi connectivity index (χ3n) is 3.26. The van der Waals surface area contributed by atoms with Crippen LogP contribution in [0.15, 0.2) is 12.1 Å². The highest BCUT2D eigenvalue weighted by Crippen LogP contribution is 2.31. The fourth-order valence-corrected chi connectivity index (χ4v) is 2.38. The molecule has 1 fully saturated rings. The number of piperidine rings is 1. The number of nitrogens with one attached hydrogen (secondary N) is 1. The van der Waals surface area contributed by atoms with Crippen molar-refractivity contribution in [2.24, 2.45) is 5.92 Å². The molecule has 0 aliphatic carbocycles. The quantitative estimate of drug-likeness (QED) is 0.669. The first kappa shape index (κ1) is 11.3. The van der Waals surface area contributed by atoms with E-state index >= 15 is 0 Å². The third kappa shape index (κ3) is 2.47. The second-order valence-electron chi connectivity index (χ2n) is 4.70. The Balaban J connectivity index is 2.09. The molecule has 0 saturated carbocycles. The van der Waals surface area contributed by atoms with Gasteiger partial charge in [-0.05, 0) is 62.4 Å². The van der Waals surface area contributed by atoms with Crippen molar-refractivity contribution in [2.45, 2.75) is 26.2 Å². The van der Waals surface area contributed by atoms with E-state index in [9.17, 15) is 10.2 Å². The molecule has 16 heavy (non-hydrogen) atoms. The van der Waals surface area contributed by atoms with Crippen LogP contribution < -0.4 is 5.32 Å². The Morgan fingerprint density at radius 3 is 2.81 bits per heavy atom. The van der Waals surface area contributed by atoms with Gasteiger partial charge >= 0.3 is 0 Å². The molecule has 0 amide bonds. The zero-order chi connectivity index (χ0) is 11.5. The molecule has 1 aliphatic heterocycles. The van der Waals surface area contributed by atoms with Crippen LogP contribution >= 0.6 is 0 Å². The molecular weight excluding hydrogens is 202 g/mol. The van der Waals surface area contributed by atoms with Crippen molar-refractivity contribution in [3.8, 4) is 11.5 Å². The number of aryl methyl sites for hydroxylation is 1. The molecule has 0 bridgehead atoms. The second-order valence-corrected chi connectivity index (χ2v) is 4.70. The fraction of sp³-hybridized carbons (Fsp3) is 0.538. The van der Waals surface area contributed by atoms with Crippen LogP contribution in [-0.2, 0) is 6.42 Å². The van der Waals surface area contributed by atoms with Crippen molar-refractivity contribution in [2.75, 3.05) is 13.1 Å². The summed E-state index contributed by atoms with van der Waals surface area (Å²) < 4.78 is 0. The summed E-state index contributed by atoms with van der Waals surface area (Å²) in [7, 11) is 0. The highest BCUT2D eigenvalue weighted by atomic mass is 16.3. The van der Waals surface area contributed by atoms with E-state index in [1.807, 2.05) is 13.0 Å². The van der Waals surface area contributed by atoms with Crippen molar-refractivity contribution >= 4 is 0 Å². The lowest BCUT2D eigenvalue weighted by Gasteiger charge is -2.23. The minimum absolute atomic E-state index is 0.00114. The molecule has 1 unspecified atom stereocenters. The van der Waals surface area contributed by atoms with Gasteiger partial charge in [0, 0.05) is 0 Å². The molecule has 1 atom stereocenters. The van der Waals surface area contributed by atoms with Gasteiger partial charge in [-0.15, -0.1) is 0 Å². The van der Waals surface area contributed by atoms with Crippen molar-refractivity contribution in [1.29, 1.82) is 0 Å². The molecule has 3 heteroatoms. The molecule has 2 rings (SSSR count). The van der Waals surface area contributed by atoms with Gasteiger partial charge in [0.15, 0.2) is 11.5 Å². The van der Waals surface area contributed by atoms with Crippen molar-refractivity contribution in [1.82, 2.24) is 5.32 Å². The van der Waals surface area contributed by atoms with Crippen molar-refractivity contribution in [3.63, 3.8) is 0 Å². The smallest absolute Gasteiger partial charge is 0.160 e.